The largest absolute Gasteiger partial charge is 0.387 e. The second-order valence-electron chi connectivity index (χ2n) is 2.49. The summed E-state index contributed by atoms with van der Waals surface area (Å²) in [5.41, 5.74) is 2.55. The number of hydrogen-bond acceptors (Lipinski definition) is 1. The molecule has 0 fully saturated rings. The van der Waals surface area contributed by atoms with Gasteiger partial charge in [-0.3, -0.25) is 0 Å². The molecule has 86 valence electrons. The van der Waals surface area contributed by atoms with Crippen molar-refractivity contribution in [2.45, 2.75) is 34.6 Å². The lowest BCUT2D eigenvalue weighted by Crippen LogP contribution is -2.10. The van der Waals surface area contributed by atoms with E-state index < -0.39 is 0 Å². The molecule has 0 saturated heterocycles. The summed E-state index contributed by atoms with van der Waals surface area (Å²) in [6.07, 6.45) is 10.0. The molecule has 0 amide bonds. The van der Waals surface area contributed by atoms with Crippen molar-refractivity contribution in [2.75, 3.05) is 6.54 Å². The fourth-order valence-corrected chi connectivity index (χ4v) is 0.996. The van der Waals surface area contributed by atoms with Crippen LogP contribution in [0, 0.1) is 0 Å². The van der Waals surface area contributed by atoms with E-state index in [1.807, 2.05) is 40.0 Å². The summed E-state index contributed by atoms with van der Waals surface area (Å²) in [4.78, 5) is 0. The lowest BCUT2D eigenvalue weighted by molar-refractivity contribution is 0.943. The van der Waals surface area contributed by atoms with Gasteiger partial charge in [-0.1, -0.05) is 58.6 Å². The molecule has 0 atom stereocenters. The van der Waals surface area contributed by atoms with Gasteiger partial charge in [0.2, 0.25) is 0 Å². The van der Waals surface area contributed by atoms with Gasteiger partial charge < -0.3 is 5.32 Å². The predicted octanol–water partition coefficient (Wildman–Crippen LogP) is 4.21. The molecule has 0 spiro atoms. The first kappa shape index (κ1) is 16.2. The minimum Gasteiger partial charge on any atom is -0.387 e. The number of dihydropyridines is 1. The van der Waals surface area contributed by atoms with E-state index in [2.05, 4.69) is 31.0 Å². The first-order valence-electron chi connectivity index (χ1n) is 5.74. The molecule has 1 aliphatic heterocycles. The van der Waals surface area contributed by atoms with E-state index in [1.54, 1.807) is 6.08 Å². The van der Waals surface area contributed by atoms with Crippen LogP contribution in [0.25, 0.3) is 0 Å². The third-order valence-corrected chi connectivity index (χ3v) is 1.63. The Morgan fingerprint density at radius 3 is 2.33 bits per heavy atom. The zero-order valence-corrected chi connectivity index (χ0v) is 10.8. The molecule has 1 rings (SSSR count). The van der Waals surface area contributed by atoms with Crippen LogP contribution < -0.4 is 5.32 Å². The molecule has 1 aliphatic rings. The van der Waals surface area contributed by atoms with Gasteiger partial charge >= 0.3 is 0 Å². The van der Waals surface area contributed by atoms with E-state index in [0.717, 1.165) is 6.54 Å². The van der Waals surface area contributed by atoms with Crippen molar-refractivity contribution in [2.24, 2.45) is 0 Å². The smallest absolute Gasteiger partial charge is 0.0334 e. The summed E-state index contributed by atoms with van der Waals surface area (Å²) in [6.45, 7) is 14.6. The van der Waals surface area contributed by atoms with Crippen molar-refractivity contribution < 1.29 is 0 Å². The second kappa shape index (κ2) is 12.8. The average molecular weight is 207 g/mol. The highest BCUT2D eigenvalue weighted by molar-refractivity contribution is 5.41. The van der Waals surface area contributed by atoms with Crippen molar-refractivity contribution in [1.29, 1.82) is 0 Å². The van der Waals surface area contributed by atoms with Crippen LogP contribution in [0.4, 0.5) is 0 Å². The first-order valence-corrected chi connectivity index (χ1v) is 5.74. The summed E-state index contributed by atoms with van der Waals surface area (Å²) < 4.78 is 0. The average Bonchev–Trinajstić information content (AvgIpc) is 2.33. The third-order valence-electron chi connectivity index (χ3n) is 1.63. The Labute approximate surface area is 95.3 Å². The Morgan fingerprint density at radius 2 is 1.87 bits per heavy atom. The Hall–Kier alpha value is -1.24. The van der Waals surface area contributed by atoms with Crippen LogP contribution in [-0.2, 0) is 0 Å². The van der Waals surface area contributed by atoms with Crippen LogP contribution in [0.15, 0.2) is 48.2 Å². The van der Waals surface area contributed by atoms with Gasteiger partial charge in [-0.25, -0.2) is 0 Å². The molecule has 0 aromatic heterocycles. The molecular formula is C14H25N. The zero-order chi connectivity index (χ0) is 12.1. The van der Waals surface area contributed by atoms with Gasteiger partial charge in [-0.05, 0) is 18.1 Å². The maximum absolute atomic E-state index is 3.62. The van der Waals surface area contributed by atoms with E-state index >= 15 is 0 Å². The Balaban J connectivity index is 0. The highest BCUT2D eigenvalue weighted by atomic mass is 14.8. The molecule has 1 nitrogen and oxygen atoms in total. The van der Waals surface area contributed by atoms with Crippen LogP contribution >= 0.6 is 0 Å². The van der Waals surface area contributed by atoms with Crippen LogP contribution in [-0.4, -0.2) is 6.54 Å². The molecule has 1 N–H and O–H groups in total. The molecule has 1 heteroatoms. The van der Waals surface area contributed by atoms with E-state index in [0.29, 0.717) is 0 Å². The number of rotatable bonds is 2. The molecule has 0 unspecified atom stereocenters. The molecule has 0 bridgehead atoms. The van der Waals surface area contributed by atoms with Gasteiger partial charge in [0.25, 0.3) is 0 Å². The van der Waals surface area contributed by atoms with Crippen molar-refractivity contribution in [1.82, 2.24) is 5.32 Å². The molecule has 1 heterocycles. The van der Waals surface area contributed by atoms with Crippen molar-refractivity contribution in [3.63, 3.8) is 0 Å². The van der Waals surface area contributed by atoms with Crippen LogP contribution in [0.3, 0.4) is 0 Å². The fourth-order valence-electron chi connectivity index (χ4n) is 0.996. The molecular weight excluding hydrogens is 182 g/mol. The lowest BCUT2D eigenvalue weighted by Gasteiger charge is -2.09. The summed E-state index contributed by atoms with van der Waals surface area (Å²) in [7, 11) is 0. The number of allylic oxidation sites excluding steroid dienone is 5. The Bertz CT molecular complexity index is 232. The van der Waals surface area contributed by atoms with Gasteiger partial charge in [0.05, 0.1) is 0 Å². The SMILES string of the molecule is C=C/C=C\C1=CCNC=C1C.CC.CC. The summed E-state index contributed by atoms with van der Waals surface area (Å²) in [6, 6.07) is 0. The van der Waals surface area contributed by atoms with Crippen LogP contribution in [0.1, 0.15) is 34.6 Å². The minimum atomic E-state index is 0.925. The Kier molecular flexibility index (Phi) is 13.8. The molecule has 0 saturated carbocycles. The molecule has 0 aromatic rings. The standard InChI is InChI=1S/C10H13N.2C2H6/c1-3-4-5-10-6-7-11-8-9(10)2;2*1-2/h3-6,8,11H,1,7H2,2H3;2*1-2H3/b5-4-;;. The van der Waals surface area contributed by atoms with Crippen molar-refractivity contribution in [3.8, 4) is 0 Å². The van der Waals surface area contributed by atoms with Gasteiger partial charge in [-0.15, -0.1) is 0 Å². The monoisotopic (exact) mass is 207 g/mol. The van der Waals surface area contributed by atoms with E-state index in [9.17, 15) is 0 Å². The quantitative estimate of drug-likeness (QED) is 0.669. The fraction of sp³-hybridized carbons (Fsp3) is 0.429. The van der Waals surface area contributed by atoms with Crippen LogP contribution in [0.5, 0.6) is 0 Å². The van der Waals surface area contributed by atoms with Crippen LogP contribution in [0.2, 0.25) is 0 Å². The molecule has 0 radical (unpaired) electrons. The Morgan fingerprint density at radius 1 is 1.27 bits per heavy atom. The van der Waals surface area contributed by atoms with Crippen molar-refractivity contribution in [3.05, 3.63) is 48.2 Å². The normalized spacial score (nSPS) is 13.4. The zero-order valence-electron chi connectivity index (χ0n) is 10.8. The van der Waals surface area contributed by atoms with Gasteiger partial charge in [0.1, 0.15) is 0 Å². The van der Waals surface area contributed by atoms with Gasteiger partial charge in [-0.2, -0.15) is 0 Å². The minimum absolute atomic E-state index is 0.925. The molecule has 0 aliphatic carbocycles. The summed E-state index contributed by atoms with van der Waals surface area (Å²) in [5, 5.41) is 3.14. The predicted molar refractivity (Wildman–Crippen MR) is 71.9 cm³/mol. The summed E-state index contributed by atoms with van der Waals surface area (Å²) >= 11 is 0. The summed E-state index contributed by atoms with van der Waals surface area (Å²) in [5.74, 6) is 0. The van der Waals surface area contributed by atoms with Crippen molar-refractivity contribution >= 4 is 0 Å². The maximum Gasteiger partial charge on any atom is 0.0334 e. The van der Waals surface area contributed by atoms with Gasteiger partial charge in [0, 0.05) is 12.7 Å². The highest BCUT2D eigenvalue weighted by Crippen LogP contribution is 2.11. The topological polar surface area (TPSA) is 12.0 Å². The van der Waals surface area contributed by atoms with E-state index in [-0.39, 0.29) is 0 Å². The van der Waals surface area contributed by atoms with E-state index in [1.165, 1.54) is 11.1 Å². The first-order chi connectivity index (χ1) is 7.34. The maximum atomic E-state index is 3.62. The highest BCUT2D eigenvalue weighted by Gasteiger charge is 1.98. The number of hydrogen-bond donors (Lipinski definition) is 1. The lowest BCUT2D eigenvalue weighted by atomic mass is 10.1. The van der Waals surface area contributed by atoms with Gasteiger partial charge in [0.15, 0.2) is 0 Å². The second-order valence-corrected chi connectivity index (χ2v) is 2.49. The molecule has 0 aromatic carbocycles. The number of nitrogens with one attached hydrogen (secondary N) is 1. The molecule has 15 heavy (non-hydrogen) atoms. The van der Waals surface area contributed by atoms with E-state index in [4.69, 9.17) is 0 Å². The third kappa shape index (κ3) is 7.80.